The smallest absolute Gasteiger partial charge is 0.314 e. The van der Waals surface area contributed by atoms with E-state index in [2.05, 4.69) is 5.32 Å². The van der Waals surface area contributed by atoms with Crippen molar-refractivity contribution < 1.29 is 24.2 Å². The standard InChI is InChI=1S/C19H21NO5/c1-19(18(22)23,13-7-5-4-6-8-13)12-17(21)20-15-10-9-14(24-2)11-16(15)25-3/h4-11H,12H2,1-3H3,(H,20,21)(H,22,23)/t19-/m0/s1. The molecule has 0 fully saturated rings. The number of nitrogens with one attached hydrogen (secondary N) is 1. The highest BCUT2D eigenvalue weighted by Crippen LogP contribution is 2.32. The van der Waals surface area contributed by atoms with E-state index in [0.717, 1.165) is 0 Å². The minimum absolute atomic E-state index is 0.207. The Hall–Kier alpha value is -3.02. The summed E-state index contributed by atoms with van der Waals surface area (Å²) in [6.45, 7) is 1.54. The summed E-state index contributed by atoms with van der Waals surface area (Å²) in [7, 11) is 3.01. The van der Waals surface area contributed by atoms with Gasteiger partial charge < -0.3 is 19.9 Å². The first kappa shape index (κ1) is 18.3. The molecule has 2 rings (SSSR count). The number of anilines is 1. The van der Waals surface area contributed by atoms with Crippen molar-refractivity contribution in [2.45, 2.75) is 18.8 Å². The number of rotatable bonds is 7. The number of aliphatic carboxylic acids is 1. The highest BCUT2D eigenvalue weighted by Gasteiger charge is 2.37. The molecule has 0 aromatic heterocycles. The predicted molar refractivity (Wildman–Crippen MR) is 94.2 cm³/mol. The average molecular weight is 343 g/mol. The highest BCUT2D eigenvalue weighted by atomic mass is 16.5. The van der Waals surface area contributed by atoms with Crippen LogP contribution in [0.15, 0.2) is 48.5 Å². The van der Waals surface area contributed by atoms with Gasteiger partial charge in [-0.15, -0.1) is 0 Å². The number of hydrogen-bond donors (Lipinski definition) is 2. The highest BCUT2D eigenvalue weighted by molar-refractivity contribution is 5.97. The molecule has 0 bridgehead atoms. The second-order valence-corrected chi connectivity index (χ2v) is 5.79. The molecule has 6 heteroatoms. The summed E-state index contributed by atoms with van der Waals surface area (Å²) in [5.41, 5.74) is -0.307. The van der Waals surface area contributed by atoms with Crippen LogP contribution in [0.5, 0.6) is 11.5 Å². The number of carboxylic acid groups (broad SMARTS) is 1. The number of amides is 1. The van der Waals surface area contributed by atoms with Gasteiger partial charge in [0, 0.05) is 12.5 Å². The van der Waals surface area contributed by atoms with Gasteiger partial charge in [-0.05, 0) is 24.6 Å². The van der Waals surface area contributed by atoms with E-state index < -0.39 is 17.3 Å². The third-order valence-corrected chi connectivity index (χ3v) is 4.08. The molecular weight excluding hydrogens is 322 g/mol. The normalized spacial score (nSPS) is 12.8. The molecule has 0 aliphatic carbocycles. The zero-order valence-electron chi connectivity index (χ0n) is 14.4. The minimum Gasteiger partial charge on any atom is -0.497 e. The third kappa shape index (κ3) is 4.09. The molecule has 6 nitrogen and oxygen atoms in total. The zero-order chi connectivity index (χ0) is 18.4. The van der Waals surface area contributed by atoms with E-state index in [1.54, 1.807) is 48.5 Å². The fraction of sp³-hybridized carbons (Fsp3) is 0.263. The Labute approximate surface area is 146 Å². The lowest BCUT2D eigenvalue weighted by Crippen LogP contribution is -2.36. The van der Waals surface area contributed by atoms with Crippen molar-refractivity contribution in [2.24, 2.45) is 0 Å². The lowest BCUT2D eigenvalue weighted by Gasteiger charge is -2.25. The molecule has 2 aromatic rings. The molecule has 0 spiro atoms. The van der Waals surface area contributed by atoms with Gasteiger partial charge in [0.1, 0.15) is 11.5 Å². The van der Waals surface area contributed by atoms with Crippen molar-refractivity contribution >= 4 is 17.6 Å². The van der Waals surface area contributed by atoms with Gasteiger partial charge in [0.05, 0.1) is 25.3 Å². The van der Waals surface area contributed by atoms with Crippen LogP contribution in [0.1, 0.15) is 18.9 Å². The van der Waals surface area contributed by atoms with Gasteiger partial charge in [-0.1, -0.05) is 30.3 Å². The summed E-state index contributed by atoms with van der Waals surface area (Å²) in [6, 6.07) is 13.7. The number of methoxy groups -OCH3 is 2. The van der Waals surface area contributed by atoms with Crippen molar-refractivity contribution in [1.29, 1.82) is 0 Å². The maximum atomic E-state index is 12.5. The molecule has 0 saturated heterocycles. The van der Waals surface area contributed by atoms with Crippen LogP contribution in [0.25, 0.3) is 0 Å². The van der Waals surface area contributed by atoms with Crippen molar-refractivity contribution in [3.63, 3.8) is 0 Å². The van der Waals surface area contributed by atoms with Crippen LogP contribution in [-0.4, -0.2) is 31.2 Å². The number of benzene rings is 2. The number of carbonyl (C=O) groups is 2. The second-order valence-electron chi connectivity index (χ2n) is 5.79. The van der Waals surface area contributed by atoms with Gasteiger partial charge in [-0.3, -0.25) is 9.59 Å². The van der Waals surface area contributed by atoms with Gasteiger partial charge in [-0.2, -0.15) is 0 Å². The van der Waals surface area contributed by atoms with E-state index in [9.17, 15) is 14.7 Å². The Kier molecular flexibility index (Phi) is 5.64. The van der Waals surface area contributed by atoms with E-state index in [1.807, 2.05) is 0 Å². The van der Waals surface area contributed by atoms with Crippen LogP contribution in [0.4, 0.5) is 5.69 Å². The maximum absolute atomic E-state index is 12.5. The summed E-state index contributed by atoms with van der Waals surface area (Å²) in [5.74, 6) is -0.452. The van der Waals surface area contributed by atoms with Crippen LogP contribution in [0, 0.1) is 0 Å². The first-order valence-electron chi connectivity index (χ1n) is 7.71. The van der Waals surface area contributed by atoms with E-state index in [0.29, 0.717) is 22.7 Å². The lowest BCUT2D eigenvalue weighted by atomic mass is 9.79. The van der Waals surface area contributed by atoms with Crippen LogP contribution in [0.3, 0.4) is 0 Å². The Morgan fingerprint density at radius 1 is 1.08 bits per heavy atom. The maximum Gasteiger partial charge on any atom is 0.314 e. The summed E-state index contributed by atoms with van der Waals surface area (Å²) < 4.78 is 10.4. The Balaban J connectivity index is 2.22. The van der Waals surface area contributed by atoms with Gasteiger partial charge in [0.15, 0.2) is 0 Å². The first-order valence-corrected chi connectivity index (χ1v) is 7.71. The number of ether oxygens (including phenoxy) is 2. The SMILES string of the molecule is COc1ccc(NC(=O)C[C@](C)(C(=O)O)c2ccccc2)c(OC)c1. The van der Waals surface area contributed by atoms with Gasteiger partial charge >= 0.3 is 5.97 Å². The van der Waals surface area contributed by atoms with Gasteiger partial charge in [0.25, 0.3) is 0 Å². The summed E-state index contributed by atoms with van der Waals surface area (Å²) in [6.07, 6.45) is -0.207. The molecule has 2 N–H and O–H groups in total. The Morgan fingerprint density at radius 2 is 1.76 bits per heavy atom. The molecule has 0 heterocycles. The molecule has 1 atom stereocenters. The third-order valence-electron chi connectivity index (χ3n) is 4.08. The van der Waals surface area contributed by atoms with Crippen LogP contribution < -0.4 is 14.8 Å². The van der Waals surface area contributed by atoms with Gasteiger partial charge in [0.2, 0.25) is 5.91 Å². The Bertz CT molecular complexity index is 760. The molecule has 132 valence electrons. The summed E-state index contributed by atoms with van der Waals surface area (Å²) in [5, 5.41) is 12.4. The lowest BCUT2D eigenvalue weighted by molar-refractivity contribution is -0.145. The molecule has 0 radical (unpaired) electrons. The fourth-order valence-corrected chi connectivity index (χ4v) is 2.52. The molecular formula is C19H21NO5. The zero-order valence-corrected chi connectivity index (χ0v) is 14.4. The van der Waals surface area contributed by atoms with Crippen molar-refractivity contribution in [2.75, 3.05) is 19.5 Å². The molecule has 25 heavy (non-hydrogen) atoms. The minimum atomic E-state index is -1.33. The first-order chi connectivity index (χ1) is 11.9. The number of carbonyl (C=O) groups excluding carboxylic acids is 1. The van der Waals surface area contributed by atoms with Crippen LogP contribution >= 0.6 is 0 Å². The fourth-order valence-electron chi connectivity index (χ4n) is 2.52. The van der Waals surface area contributed by atoms with E-state index in [4.69, 9.17) is 9.47 Å². The predicted octanol–water partition coefficient (Wildman–Crippen LogP) is 3.07. The molecule has 0 unspecified atom stereocenters. The molecule has 0 aliphatic rings. The Morgan fingerprint density at radius 3 is 2.32 bits per heavy atom. The van der Waals surface area contributed by atoms with Crippen LogP contribution in [0.2, 0.25) is 0 Å². The average Bonchev–Trinajstić information content (AvgIpc) is 2.62. The van der Waals surface area contributed by atoms with Crippen molar-refractivity contribution in [3.8, 4) is 11.5 Å². The molecule has 1 amide bonds. The topological polar surface area (TPSA) is 84.9 Å². The second kappa shape index (κ2) is 7.70. The molecule has 2 aromatic carbocycles. The monoisotopic (exact) mass is 343 g/mol. The van der Waals surface area contributed by atoms with Crippen molar-refractivity contribution in [1.82, 2.24) is 0 Å². The number of carboxylic acids is 1. The summed E-state index contributed by atoms with van der Waals surface area (Å²) in [4.78, 5) is 24.3. The van der Waals surface area contributed by atoms with Gasteiger partial charge in [-0.25, -0.2) is 0 Å². The van der Waals surface area contributed by atoms with E-state index in [1.165, 1.54) is 21.1 Å². The summed E-state index contributed by atoms with van der Waals surface area (Å²) >= 11 is 0. The molecule has 0 saturated carbocycles. The largest absolute Gasteiger partial charge is 0.497 e. The van der Waals surface area contributed by atoms with E-state index in [-0.39, 0.29) is 6.42 Å². The molecule has 0 aliphatic heterocycles. The quantitative estimate of drug-likeness (QED) is 0.807. The van der Waals surface area contributed by atoms with Crippen molar-refractivity contribution in [3.05, 3.63) is 54.1 Å². The number of hydrogen-bond acceptors (Lipinski definition) is 4. The van der Waals surface area contributed by atoms with E-state index >= 15 is 0 Å². The van der Waals surface area contributed by atoms with Crippen LogP contribution in [-0.2, 0) is 15.0 Å².